The third kappa shape index (κ3) is 6.63. The highest BCUT2D eigenvalue weighted by molar-refractivity contribution is 5.76. The summed E-state index contributed by atoms with van der Waals surface area (Å²) < 4.78 is 11.7. The maximum Gasteiger partial charge on any atom is 0.411 e. The molecular weight excluding hydrogens is 542 g/mol. The molecule has 8 heteroatoms. The van der Waals surface area contributed by atoms with Crippen LogP contribution >= 0.6 is 0 Å². The van der Waals surface area contributed by atoms with Crippen LogP contribution in [0.1, 0.15) is 70.1 Å². The van der Waals surface area contributed by atoms with Gasteiger partial charge in [0.25, 0.3) is 0 Å². The maximum absolute atomic E-state index is 13.2. The fourth-order valence-corrected chi connectivity index (χ4v) is 6.35. The van der Waals surface area contributed by atoms with Gasteiger partial charge in [0.1, 0.15) is 17.7 Å². The van der Waals surface area contributed by atoms with Crippen LogP contribution in [0.15, 0.2) is 66.3 Å². The third-order valence-electron chi connectivity index (χ3n) is 9.10. The molecule has 2 saturated heterocycles. The van der Waals surface area contributed by atoms with Gasteiger partial charge in [0.05, 0.1) is 31.3 Å². The zero-order valence-corrected chi connectivity index (χ0v) is 25.7. The summed E-state index contributed by atoms with van der Waals surface area (Å²) in [6.07, 6.45) is 9.32. The van der Waals surface area contributed by atoms with Crippen LogP contribution in [-0.4, -0.2) is 59.4 Å². The Balaban J connectivity index is 1.47. The molecule has 0 unspecified atom stereocenters. The summed E-state index contributed by atoms with van der Waals surface area (Å²) in [5.74, 6) is 0.980. The molecule has 3 fully saturated rings. The van der Waals surface area contributed by atoms with Gasteiger partial charge in [-0.05, 0) is 94.2 Å². The van der Waals surface area contributed by atoms with Crippen LogP contribution in [0, 0.1) is 5.92 Å². The van der Waals surface area contributed by atoms with Crippen molar-refractivity contribution in [2.75, 3.05) is 25.1 Å². The van der Waals surface area contributed by atoms with Crippen molar-refractivity contribution in [3.8, 4) is 16.9 Å². The van der Waals surface area contributed by atoms with E-state index < -0.39 is 5.97 Å². The van der Waals surface area contributed by atoms with Gasteiger partial charge in [-0.2, -0.15) is 0 Å². The zero-order valence-electron chi connectivity index (χ0n) is 25.7. The van der Waals surface area contributed by atoms with Crippen molar-refractivity contribution in [1.82, 2.24) is 9.88 Å². The summed E-state index contributed by atoms with van der Waals surface area (Å²) in [6, 6.07) is 10.2. The molecule has 2 aromatic rings. The zero-order chi connectivity index (χ0) is 30.7. The van der Waals surface area contributed by atoms with Crippen molar-refractivity contribution in [2.45, 2.75) is 77.5 Å². The van der Waals surface area contributed by atoms with E-state index >= 15 is 0 Å². The highest BCUT2D eigenvalue weighted by Gasteiger charge is 2.40. The largest absolute Gasteiger partial charge is 0.496 e. The van der Waals surface area contributed by atoms with E-state index in [1.807, 2.05) is 45.1 Å². The number of nitrogens with zero attached hydrogens (tertiary/aromatic N) is 3. The number of anilines is 1. The van der Waals surface area contributed by atoms with Crippen molar-refractivity contribution < 1.29 is 24.2 Å². The Morgan fingerprint density at radius 1 is 1.14 bits per heavy atom. The number of pyridine rings is 1. The fourth-order valence-electron chi connectivity index (χ4n) is 6.35. The fraction of sp³-hybridized carbons (Fsp3) is 0.457. The monoisotopic (exact) mass is 585 g/mol. The smallest absolute Gasteiger partial charge is 0.411 e. The molecule has 1 aromatic carbocycles. The Morgan fingerprint density at radius 3 is 2.51 bits per heavy atom. The molecule has 2 aliphatic heterocycles. The predicted octanol–water partition coefficient (Wildman–Crippen LogP) is 7.11. The number of amides is 1. The first-order valence-electron chi connectivity index (χ1n) is 15.3. The summed E-state index contributed by atoms with van der Waals surface area (Å²) in [5.41, 5.74) is 5.74. The van der Waals surface area contributed by atoms with E-state index in [0.29, 0.717) is 25.3 Å². The second-order valence-electron chi connectivity index (χ2n) is 12.1. The number of rotatable bonds is 10. The molecule has 228 valence electrons. The standard InChI is InChI=1S/C35H43N3O5/c1-22(2)8-6-9-23(3)33-24(4)38(35(41)43-33)21-30-28(15-17-32(36-30)37-18-7-19-37)29-20-27(14-16-31(29)42-5)25-10-12-26(13-11-25)34(39)40/h6,8-9,14-17,20,24-26,33H,1,7,10-13,18-19,21H2,2-5H3,(H,39,40)/b8-6-,23-9+/t24-,25?,26?,33+/m0/s1. The van der Waals surface area contributed by atoms with Crippen molar-refractivity contribution in [1.29, 1.82) is 0 Å². The number of allylic oxidation sites excluding steroid dienone is 4. The Labute approximate surface area is 254 Å². The molecular formula is C35H43N3O5. The lowest BCUT2D eigenvalue weighted by Gasteiger charge is -2.33. The molecule has 3 heterocycles. The first kappa shape index (κ1) is 30.4. The average molecular weight is 586 g/mol. The van der Waals surface area contributed by atoms with Gasteiger partial charge in [0, 0.05) is 24.2 Å². The summed E-state index contributed by atoms with van der Waals surface area (Å²) in [7, 11) is 1.67. The first-order chi connectivity index (χ1) is 20.7. The molecule has 3 aliphatic rings. The van der Waals surface area contributed by atoms with Gasteiger partial charge in [-0.25, -0.2) is 9.78 Å². The maximum atomic E-state index is 13.2. The van der Waals surface area contributed by atoms with E-state index in [1.54, 1.807) is 12.0 Å². The van der Waals surface area contributed by atoms with Crippen LogP contribution in [0.4, 0.5) is 10.6 Å². The molecule has 5 rings (SSSR count). The lowest BCUT2D eigenvalue weighted by molar-refractivity contribution is -0.142. The van der Waals surface area contributed by atoms with E-state index in [4.69, 9.17) is 14.5 Å². The van der Waals surface area contributed by atoms with Crippen LogP contribution in [0.3, 0.4) is 0 Å². The molecule has 1 N–H and O–H groups in total. The van der Waals surface area contributed by atoms with E-state index in [2.05, 4.69) is 35.7 Å². The molecule has 43 heavy (non-hydrogen) atoms. The number of hydrogen-bond acceptors (Lipinski definition) is 6. The Bertz CT molecular complexity index is 1430. The van der Waals surface area contributed by atoms with Crippen LogP contribution in [0.5, 0.6) is 5.75 Å². The number of aliphatic carboxylic acids is 1. The average Bonchev–Trinajstić information content (AvgIpc) is 3.24. The van der Waals surface area contributed by atoms with Gasteiger partial charge in [-0.3, -0.25) is 9.69 Å². The van der Waals surface area contributed by atoms with Crippen molar-refractivity contribution >= 4 is 17.9 Å². The molecule has 2 atom stereocenters. The summed E-state index contributed by atoms with van der Waals surface area (Å²) in [6.45, 7) is 12.1. The number of carbonyl (C=O) groups is 2. The summed E-state index contributed by atoms with van der Waals surface area (Å²) in [4.78, 5) is 33.8. The first-order valence-corrected chi connectivity index (χ1v) is 15.3. The van der Waals surface area contributed by atoms with Gasteiger partial charge in [0.2, 0.25) is 0 Å². The van der Waals surface area contributed by atoms with Crippen LogP contribution in [-0.2, 0) is 16.1 Å². The second kappa shape index (κ2) is 13.1. The molecule has 0 bridgehead atoms. The lowest BCUT2D eigenvalue weighted by atomic mass is 9.78. The molecule has 1 saturated carbocycles. The van der Waals surface area contributed by atoms with E-state index in [-0.39, 0.29) is 24.2 Å². The number of cyclic esters (lactones) is 1. The molecule has 0 spiro atoms. The highest BCUT2D eigenvalue weighted by atomic mass is 16.6. The number of carboxylic acids is 1. The van der Waals surface area contributed by atoms with Gasteiger partial charge in [-0.15, -0.1) is 0 Å². The van der Waals surface area contributed by atoms with Gasteiger partial charge >= 0.3 is 12.1 Å². The summed E-state index contributed by atoms with van der Waals surface area (Å²) >= 11 is 0. The normalized spacial score (nSPS) is 24.2. The quantitative estimate of drug-likeness (QED) is 0.297. The summed E-state index contributed by atoms with van der Waals surface area (Å²) in [5, 5.41) is 9.46. The number of methoxy groups -OCH3 is 1. The Hall–Kier alpha value is -4.07. The number of hydrogen-bond donors (Lipinski definition) is 1. The van der Waals surface area contributed by atoms with Gasteiger partial charge in [-0.1, -0.05) is 36.4 Å². The number of carboxylic acid groups (broad SMARTS) is 1. The Kier molecular flexibility index (Phi) is 9.23. The number of aromatic nitrogens is 1. The minimum Gasteiger partial charge on any atom is -0.496 e. The third-order valence-corrected chi connectivity index (χ3v) is 9.10. The SMILES string of the molecule is C=C(C)/C=C\C=C(/C)[C@H]1OC(=O)N(Cc2nc(N3CCC3)ccc2-c2cc(C3CCC(C(=O)O)CC3)ccc2OC)[C@H]1C. The van der Waals surface area contributed by atoms with E-state index in [0.717, 1.165) is 71.9 Å². The number of ether oxygens (including phenoxy) is 2. The molecule has 1 aromatic heterocycles. The van der Waals surface area contributed by atoms with E-state index in [9.17, 15) is 14.7 Å². The second-order valence-corrected chi connectivity index (χ2v) is 12.1. The van der Waals surface area contributed by atoms with Crippen molar-refractivity contribution in [2.24, 2.45) is 5.92 Å². The molecule has 1 aliphatic carbocycles. The minimum atomic E-state index is -0.696. The van der Waals surface area contributed by atoms with Crippen LogP contribution < -0.4 is 9.64 Å². The van der Waals surface area contributed by atoms with Crippen LogP contribution in [0.25, 0.3) is 11.1 Å². The Morgan fingerprint density at radius 2 is 1.88 bits per heavy atom. The van der Waals surface area contributed by atoms with Crippen LogP contribution in [0.2, 0.25) is 0 Å². The topological polar surface area (TPSA) is 92.2 Å². The van der Waals surface area contributed by atoms with E-state index in [1.165, 1.54) is 5.56 Å². The van der Waals surface area contributed by atoms with Crippen molar-refractivity contribution in [3.63, 3.8) is 0 Å². The number of carbonyl (C=O) groups excluding carboxylic acids is 1. The van der Waals surface area contributed by atoms with Gasteiger partial charge in [0.15, 0.2) is 0 Å². The van der Waals surface area contributed by atoms with Crippen molar-refractivity contribution in [3.05, 3.63) is 77.5 Å². The molecule has 0 radical (unpaired) electrons. The number of benzene rings is 1. The predicted molar refractivity (Wildman–Crippen MR) is 168 cm³/mol. The lowest BCUT2D eigenvalue weighted by Crippen LogP contribution is -2.38. The van der Waals surface area contributed by atoms with Gasteiger partial charge < -0.3 is 19.5 Å². The molecule has 1 amide bonds. The highest BCUT2D eigenvalue weighted by Crippen LogP contribution is 2.41. The minimum absolute atomic E-state index is 0.179. The molecule has 8 nitrogen and oxygen atoms in total.